The fraction of sp³-hybridized carbons (Fsp3) is 0.588. The van der Waals surface area contributed by atoms with E-state index >= 15 is 0 Å². The summed E-state index contributed by atoms with van der Waals surface area (Å²) in [5.74, 6) is 0.0666. The second-order valence-electron chi connectivity index (χ2n) is 6.73. The van der Waals surface area contributed by atoms with Crippen LogP contribution in [0.1, 0.15) is 49.5 Å². The molecular formula is C17H22N4O2. The average molecular weight is 314 g/mol. The van der Waals surface area contributed by atoms with Crippen molar-refractivity contribution in [1.29, 1.82) is 0 Å². The van der Waals surface area contributed by atoms with Gasteiger partial charge >= 0.3 is 0 Å². The summed E-state index contributed by atoms with van der Waals surface area (Å²) in [6.45, 7) is 5.44. The van der Waals surface area contributed by atoms with Gasteiger partial charge in [0, 0.05) is 24.2 Å². The summed E-state index contributed by atoms with van der Waals surface area (Å²) in [6.07, 6.45) is 6.93. The third kappa shape index (κ3) is 2.41. The third-order valence-corrected chi connectivity index (χ3v) is 4.91. The fourth-order valence-electron chi connectivity index (χ4n) is 3.78. The molecule has 0 bridgehead atoms. The zero-order valence-corrected chi connectivity index (χ0v) is 13.6. The van der Waals surface area contributed by atoms with E-state index in [9.17, 15) is 4.79 Å². The molecule has 1 saturated heterocycles. The first kappa shape index (κ1) is 14.6. The van der Waals surface area contributed by atoms with Crippen molar-refractivity contribution in [2.45, 2.75) is 51.3 Å². The van der Waals surface area contributed by atoms with Crippen molar-refractivity contribution in [3.8, 4) is 0 Å². The van der Waals surface area contributed by atoms with Gasteiger partial charge in [0.1, 0.15) is 0 Å². The SMILES string of the molecule is CC(C)n1ncc2cc(C(=O)N3CCOC4CCCC43)cnc21. The van der Waals surface area contributed by atoms with Crippen LogP contribution in [0.2, 0.25) is 0 Å². The molecule has 2 fully saturated rings. The maximum atomic E-state index is 12.9. The smallest absolute Gasteiger partial charge is 0.255 e. The molecule has 3 heterocycles. The van der Waals surface area contributed by atoms with E-state index in [-0.39, 0.29) is 24.1 Å². The van der Waals surface area contributed by atoms with Crippen LogP contribution in [0.15, 0.2) is 18.5 Å². The molecule has 2 atom stereocenters. The predicted octanol–water partition coefficient (Wildman–Crippen LogP) is 2.41. The molecule has 2 aromatic heterocycles. The molecule has 1 saturated carbocycles. The largest absolute Gasteiger partial charge is 0.374 e. The molecule has 0 radical (unpaired) electrons. The highest BCUT2D eigenvalue weighted by Crippen LogP contribution is 2.30. The van der Waals surface area contributed by atoms with Gasteiger partial charge in [-0.3, -0.25) is 4.79 Å². The van der Waals surface area contributed by atoms with Crippen LogP contribution in [-0.2, 0) is 4.74 Å². The minimum atomic E-state index is 0.0666. The minimum absolute atomic E-state index is 0.0666. The Bertz CT molecular complexity index is 739. The van der Waals surface area contributed by atoms with Crippen molar-refractivity contribution >= 4 is 16.9 Å². The molecule has 6 heteroatoms. The molecule has 23 heavy (non-hydrogen) atoms. The number of amides is 1. The summed E-state index contributed by atoms with van der Waals surface area (Å²) >= 11 is 0. The Labute approximate surface area is 135 Å². The van der Waals surface area contributed by atoms with Crippen LogP contribution in [0.5, 0.6) is 0 Å². The molecule has 6 nitrogen and oxygen atoms in total. The zero-order chi connectivity index (χ0) is 16.0. The Morgan fingerprint density at radius 1 is 1.35 bits per heavy atom. The first-order chi connectivity index (χ1) is 11.1. The highest BCUT2D eigenvalue weighted by molar-refractivity contribution is 5.97. The lowest BCUT2D eigenvalue weighted by molar-refractivity contribution is -0.0445. The normalized spacial score (nSPS) is 24.4. The number of rotatable bonds is 2. The number of hydrogen-bond acceptors (Lipinski definition) is 4. The summed E-state index contributed by atoms with van der Waals surface area (Å²) in [5.41, 5.74) is 1.48. The lowest BCUT2D eigenvalue weighted by atomic mass is 10.1. The van der Waals surface area contributed by atoms with Crippen LogP contribution in [0, 0.1) is 0 Å². The summed E-state index contributed by atoms with van der Waals surface area (Å²) in [4.78, 5) is 19.4. The van der Waals surface area contributed by atoms with Crippen molar-refractivity contribution in [2.24, 2.45) is 0 Å². The van der Waals surface area contributed by atoms with Crippen LogP contribution in [-0.4, -0.2) is 50.9 Å². The monoisotopic (exact) mass is 314 g/mol. The molecule has 1 aliphatic carbocycles. The molecular weight excluding hydrogens is 292 g/mol. The number of aromatic nitrogens is 3. The lowest BCUT2D eigenvalue weighted by Gasteiger charge is -2.37. The van der Waals surface area contributed by atoms with Gasteiger partial charge in [-0.2, -0.15) is 5.10 Å². The molecule has 1 amide bonds. The molecule has 0 aromatic carbocycles. The van der Waals surface area contributed by atoms with E-state index in [2.05, 4.69) is 23.9 Å². The molecule has 2 aromatic rings. The molecule has 122 valence electrons. The third-order valence-electron chi connectivity index (χ3n) is 4.91. The molecule has 1 aliphatic heterocycles. The van der Waals surface area contributed by atoms with E-state index in [0.717, 1.165) is 30.3 Å². The summed E-state index contributed by atoms with van der Waals surface area (Å²) in [6, 6.07) is 2.39. The minimum Gasteiger partial charge on any atom is -0.374 e. The standard InChI is InChI=1S/C17H22N4O2/c1-11(2)21-16-12(10-19-21)8-13(9-18-16)17(22)20-6-7-23-15-5-3-4-14(15)20/h8-11,14-15H,3-7H2,1-2H3. The van der Waals surface area contributed by atoms with Crippen molar-refractivity contribution in [1.82, 2.24) is 19.7 Å². The van der Waals surface area contributed by atoms with E-state index in [1.807, 2.05) is 15.6 Å². The van der Waals surface area contributed by atoms with Crippen LogP contribution in [0.4, 0.5) is 0 Å². The lowest BCUT2D eigenvalue weighted by Crippen LogP contribution is -2.51. The molecule has 0 spiro atoms. The van der Waals surface area contributed by atoms with E-state index in [1.54, 1.807) is 12.4 Å². The quantitative estimate of drug-likeness (QED) is 0.854. The van der Waals surface area contributed by atoms with E-state index in [0.29, 0.717) is 18.7 Å². The summed E-state index contributed by atoms with van der Waals surface area (Å²) in [7, 11) is 0. The van der Waals surface area contributed by atoms with E-state index in [4.69, 9.17) is 4.74 Å². The number of carbonyl (C=O) groups excluding carboxylic acids is 1. The fourth-order valence-corrected chi connectivity index (χ4v) is 3.78. The molecule has 0 N–H and O–H groups in total. The molecule has 2 unspecified atom stereocenters. The second kappa shape index (κ2) is 5.60. The number of carbonyl (C=O) groups is 1. The topological polar surface area (TPSA) is 60.2 Å². The highest BCUT2D eigenvalue weighted by atomic mass is 16.5. The van der Waals surface area contributed by atoms with Crippen molar-refractivity contribution in [3.05, 3.63) is 24.0 Å². The van der Waals surface area contributed by atoms with Gasteiger partial charge in [0.25, 0.3) is 5.91 Å². The van der Waals surface area contributed by atoms with Gasteiger partial charge in [0.05, 0.1) is 30.5 Å². The van der Waals surface area contributed by atoms with Gasteiger partial charge in [-0.15, -0.1) is 0 Å². The Kier molecular flexibility index (Phi) is 3.56. The molecule has 2 aliphatic rings. The average Bonchev–Trinajstić information content (AvgIpc) is 3.19. The van der Waals surface area contributed by atoms with Crippen LogP contribution in [0.25, 0.3) is 11.0 Å². The predicted molar refractivity (Wildman–Crippen MR) is 86.3 cm³/mol. The maximum absolute atomic E-state index is 12.9. The van der Waals surface area contributed by atoms with E-state index < -0.39 is 0 Å². The maximum Gasteiger partial charge on any atom is 0.255 e. The van der Waals surface area contributed by atoms with Gasteiger partial charge in [-0.1, -0.05) is 0 Å². The van der Waals surface area contributed by atoms with Crippen LogP contribution < -0.4 is 0 Å². The van der Waals surface area contributed by atoms with Crippen LogP contribution >= 0.6 is 0 Å². The Morgan fingerprint density at radius 3 is 3.04 bits per heavy atom. The van der Waals surface area contributed by atoms with Gasteiger partial charge < -0.3 is 9.64 Å². The Morgan fingerprint density at radius 2 is 2.22 bits per heavy atom. The summed E-state index contributed by atoms with van der Waals surface area (Å²) < 4.78 is 7.68. The van der Waals surface area contributed by atoms with Gasteiger partial charge in [0.15, 0.2) is 5.65 Å². The number of fused-ring (bicyclic) bond motifs is 2. The first-order valence-corrected chi connectivity index (χ1v) is 8.41. The molecule has 4 rings (SSSR count). The first-order valence-electron chi connectivity index (χ1n) is 8.41. The number of nitrogens with zero attached hydrogens (tertiary/aromatic N) is 4. The summed E-state index contributed by atoms with van der Waals surface area (Å²) in [5, 5.41) is 5.29. The number of hydrogen-bond donors (Lipinski definition) is 0. The van der Waals surface area contributed by atoms with Gasteiger partial charge in [0.2, 0.25) is 0 Å². The Balaban J connectivity index is 1.64. The van der Waals surface area contributed by atoms with Gasteiger partial charge in [-0.25, -0.2) is 9.67 Å². The number of morpholine rings is 1. The van der Waals surface area contributed by atoms with E-state index in [1.165, 1.54) is 0 Å². The van der Waals surface area contributed by atoms with Gasteiger partial charge in [-0.05, 0) is 39.2 Å². The second-order valence-corrected chi connectivity index (χ2v) is 6.73. The van der Waals surface area contributed by atoms with Crippen molar-refractivity contribution in [3.63, 3.8) is 0 Å². The van der Waals surface area contributed by atoms with Crippen molar-refractivity contribution in [2.75, 3.05) is 13.2 Å². The van der Waals surface area contributed by atoms with Crippen LogP contribution in [0.3, 0.4) is 0 Å². The number of pyridine rings is 1. The van der Waals surface area contributed by atoms with Crippen molar-refractivity contribution < 1.29 is 9.53 Å². The Hall–Kier alpha value is -1.95. The number of ether oxygens (including phenoxy) is 1. The zero-order valence-electron chi connectivity index (χ0n) is 13.6. The highest BCUT2D eigenvalue weighted by Gasteiger charge is 2.38.